The largest absolute Gasteiger partial charge is 0.309 e. The van der Waals surface area contributed by atoms with E-state index in [9.17, 15) is 13.6 Å². The number of benzene rings is 20. The fraction of sp³-hybridized carbons (Fsp3) is 0.0511. The van der Waals surface area contributed by atoms with Crippen molar-refractivity contribution < 1.29 is 73.9 Å². The molecular formula is C137H92F2Ir3N5O-3. The SMILES string of the molecule is C.CC1(C)c2c([c-]ccc2F)-c2nccc3cccc1c23.Cc1cc(-c2nccc3ccccc23)[c-]cc1F.O=C(c1ccc2c(c1)C1(c3ccccc3-c3ccccc31)c1ccccc1-2)c1ccc2c(c1)C1(c3ccccc3-c3ccccc31)c1ccccc1-2.[Ir].[Ir].[Ir].[c-]1ccccc1-c1nccc2ccccc12.c1ccc2c(c1)c1ccccc1n2-c1ccc(-c2ccc(-n3c4ccccc4c4ccccc43)cc2)cc1. The van der Waals surface area contributed by atoms with Crippen molar-refractivity contribution in [3.05, 3.63) is 582 Å². The van der Waals surface area contributed by atoms with Gasteiger partial charge in [-0.1, -0.05) is 373 Å². The van der Waals surface area contributed by atoms with Crippen LogP contribution in [-0.4, -0.2) is 29.9 Å². The van der Waals surface area contributed by atoms with Crippen molar-refractivity contribution in [2.24, 2.45) is 0 Å². The Bertz CT molecular complexity index is 8940. The molecule has 0 unspecified atom stereocenters. The molecule has 5 heterocycles. The summed E-state index contributed by atoms with van der Waals surface area (Å²) in [5, 5.41) is 12.0. The van der Waals surface area contributed by atoms with Gasteiger partial charge in [-0.25, -0.2) is 4.39 Å². The van der Waals surface area contributed by atoms with Gasteiger partial charge in [0.15, 0.2) is 5.78 Å². The minimum absolute atomic E-state index is 0. The Balaban J connectivity index is 0.000000113. The van der Waals surface area contributed by atoms with Gasteiger partial charge in [-0.2, -0.15) is 0 Å². The summed E-state index contributed by atoms with van der Waals surface area (Å²) in [5.74, 6) is -0.377. The Morgan fingerprint density at radius 1 is 0.291 bits per heavy atom. The third kappa shape index (κ3) is 15.5. The second kappa shape index (κ2) is 39.2. The Hall–Kier alpha value is -16.3. The number of ketones is 1. The first kappa shape index (κ1) is 96.5. The summed E-state index contributed by atoms with van der Waals surface area (Å²) in [6.45, 7) is 5.87. The van der Waals surface area contributed by atoms with Crippen molar-refractivity contribution in [1.29, 1.82) is 0 Å². The van der Waals surface area contributed by atoms with Gasteiger partial charge in [0.05, 0.1) is 32.9 Å². The van der Waals surface area contributed by atoms with Crippen LogP contribution in [0, 0.1) is 36.8 Å². The number of aromatic nitrogens is 5. The van der Waals surface area contributed by atoms with Crippen molar-refractivity contribution in [1.82, 2.24) is 24.1 Å². The molecule has 5 aliphatic rings. The van der Waals surface area contributed by atoms with Gasteiger partial charge in [0.2, 0.25) is 0 Å². The van der Waals surface area contributed by atoms with Gasteiger partial charge in [-0.05, 0) is 239 Å². The maximum atomic E-state index is 15.0. The summed E-state index contributed by atoms with van der Waals surface area (Å²) in [7, 11) is 0. The molecule has 0 atom stereocenters. The summed E-state index contributed by atoms with van der Waals surface area (Å²) in [5.41, 5.74) is 37.5. The third-order valence-corrected chi connectivity index (χ3v) is 30.2. The molecule has 0 saturated carbocycles. The molecule has 0 N–H and O–H groups in total. The van der Waals surface area contributed by atoms with E-state index in [0.29, 0.717) is 22.3 Å². The van der Waals surface area contributed by atoms with E-state index in [1.807, 2.05) is 103 Å². The minimum atomic E-state index is -0.490. The Morgan fingerprint density at radius 3 is 1.04 bits per heavy atom. The van der Waals surface area contributed by atoms with Gasteiger partial charge < -0.3 is 24.1 Å². The second-order valence-corrected chi connectivity index (χ2v) is 38.1. The first-order valence-corrected chi connectivity index (χ1v) is 48.9. The molecule has 3 radical (unpaired) electrons. The van der Waals surface area contributed by atoms with Gasteiger partial charge in [0.25, 0.3) is 0 Å². The summed E-state index contributed by atoms with van der Waals surface area (Å²) in [6, 6.07) is 170. The van der Waals surface area contributed by atoms with Crippen LogP contribution in [0.25, 0.3) is 177 Å². The van der Waals surface area contributed by atoms with Gasteiger partial charge in [0.1, 0.15) is 0 Å². The predicted molar refractivity (Wildman–Crippen MR) is 591 cm³/mol. The quantitative estimate of drug-likeness (QED) is 0.118. The van der Waals surface area contributed by atoms with Crippen LogP contribution < -0.4 is 0 Å². The molecule has 30 rings (SSSR count). The maximum Gasteiger partial charge on any atom is 0.193 e. The standard InChI is InChI=1S/C51H30O.C36H24N2.C18H13FN.C16H11FN.C15H10N.CH4.3Ir/c52-49(31-25-27-39-37-17-5-11-23-45(37)50(47(39)29-31)41-19-7-1-13-33(41)34-14-2-8-20-42(34)50)32-26-28-40-38-18-6-12-24-46(38)51(48(40)30-32)43-21-9-3-15-35(43)36-16-4-10-22-44(36)51;1-5-13-33-29(9-1)30-10-2-6-14-34(30)37(33)27-21-17-25(18-22-27)26-19-23-28(24-20-26)38-35-15-7-3-11-31(35)32-12-4-8-16-36(32)38;1-18(2)13-7-3-5-11-9-10-20-17(15(11)13)12-6-4-8-14(19)16(12)18;1-11-10-13(6-7-15(11)17)16-14-5-3-2-4-12(14)8-9-18-16;1-2-7-13(8-3-1)15-14-9-5-4-6-12(14)10-11-16-15;;;;/h1-30H;1-24H;3-5,7-10H,1-2H3;2-5,7-10H,1H3;1-7,9-11H;1H4;;;/q;;3*-1;;;;. The molecule has 2 spiro atoms. The molecule has 0 aliphatic heterocycles. The van der Waals surface area contributed by atoms with E-state index in [4.69, 9.17) is 0 Å². The number of carbonyl (C=O) groups is 1. The van der Waals surface area contributed by atoms with E-state index in [2.05, 4.69) is 396 Å². The Kier molecular flexibility index (Phi) is 25.6. The number of halogens is 2. The number of fused-ring (bicyclic) bond motifs is 30. The number of carbonyl (C=O) groups excluding carboxylic acids is 1. The van der Waals surface area contributed by atoms with E-state index in [1.54, 1.807) is 31.5 Å². The molecule has 0 saturated heterocycles. The number of rotatable bonds is 7. The average molecular weight is 2440 g/mol. The fourth-order valence-corrected chi connectivity index (χ4v) is 23.9. The van der Waals surface area contributed by atoms with Crippen LogP contribution in [-0.2, 0) is 76.6 Å². The molecule has 5 aliphatic carbocycles. The number of nitrogens with zero attached hydrogens (tertiary/aromatic N) is 5. The summed E-state index contributed by atoms with van der Waals surface area (Å²) >= 11 is 0. The van der Waals surface area contributed by atoms with E-state index < -0.39 is 10.8 Å². The van der Waals surface area contributed by atoms with Crippen LogP contribution in [0.15, 0.2) is 480 Å². The zero-order valence-corrected chi connectivity index (χ0v) is 87.2. The predicted octanol–water partition coefficient (Wildman–Crippen LogP) is 34.1. The third-order valence-electron chi connectivity index (χ3n) is 30.2. The van der Waals surface area contributed by atoms with Gasteiger partial charge in [-0.3, -0.25) is 9.18 Å². The van der Waals surface area contributed by atoms with E-state index in [0.717, 1.165) is 60.9 Å². The van der Waals surface area contributed by atoms with Crippen LogP contribution in [0.1, 0.15) is 98.4 Å². The number of pyridine rings is 3. The number of hydrogen-bond acceptors (Lipinski definition) is 4. The van der Waals surface area contributed by atoms with Crippen molar-refractivity contribution in [3.8, 4) is 101 Å². The normalized spacial score (nSPS) is 12.7. The zero-order valence-electron chi connectivity index (χ0n) is 80.0. The molecule has 6 nitrogen and oxygen atoms in total. The van der Waals surface area contributed by atoms with Gasteiger partial charge >= 0.3 is 0 Å². The van der Waals surface area contributed by atoms with Crippen molar-refractivity contribution in [2.75, 3.05) is 0 Å². The molecule has 148 heavy (non-hydrogen) atoms. The topological polar surface area (TPSA) is 65.6 Å². The average Bonchev–Trinajstić information content (AvgIpc) is 1.51. The molecule has 0 bridgehead atoms. The Morgan fingerprint density at radius 2 is 0.635 bits per heavy atom. The number of hydrogen-bond donors (Lipinski definition) is 0. The van der Waals surface area contributed by atoms with Crippen LogP contribution in [0.4, 0.5) is 8.78 Å². The molecule has 5 aromatic heterocycles. The van der Waals surface area contributed by atoms with E-state index in [-0.39, 0.29) is 90.6 Å². The molecule has 715 valence electrons. The summed E-state index contributed by atoms with van der Waals surface area (Å²) < 4.78 is 32.4. The molecular weight excluding hydrogens is 2350 g/mol. The zero-order chi connectivity index (χ0) is 96.5. The first-order chi connectivity index (χ1) is 70.9. The van der Waals surface area contributed by atoms with Crippen molar-refractivity contribution in [3.63, 3.8) is 0 Å². The molecule has 0 fully saturated rings. The smallest absolute Gasteiger partial charge is 0.193 e. The molecule has 0 amide bonds. The Labute approximate surface area is 899 Å². The molecule has 11 heteroatoms. The number of aryl methyl sites for hydroxylation is 1. The van der Waals surface area contributed by atoms with E-state index >= 15 is 0 Å². The van der Waals surface area contributed by atoms with Gasteiger partial charge in [0, 0.05) is 135 Å². The van der Waals surface area contributed by atoms with Crippen molar-refractivity contribution >= 4 is 81.7 Å². The van der Waals surface area contributed by atoms with Crippen molar-refractivity contribution in [2.45, 2.75) is 44.4 Å². The second-order valence-electron chi connectivity index (χ2n) is 38.1. The monoisotopic (exact) mass is 2440 g/mol. The molecule has 25 aromatic rings. The fourth-order valence-electron chi connectivity index (χ4n) is 23.9. The van der Waals surface area contributed by atoms with Crippen LogP contribution in [0.5, 0.6) is 0 Å². The molecule has 20 aromatic carbocycles. The summed E-state index contributed by atoms with van der Waals surface area (Å²) in [4.78, 5) is 28.3. The van der Waals surface area contributed by atoms with Crippen LogP contribution >= 0.6 is 0 Å². The van der Waals surface area contributed by atoms with E-state index in [1.165, 1.54) is 178 Å². The minimum Gasteiger partial charge on any atom is -0.309 e. The van der Waals surface area contributed by atoms with Gasteiger partial charge in [-0.15, -0.1) is 83.4 Å². The maximum absolute atomic E-state index is 15.0. The van der Waals surface area contributed by atoms with Crippen LogP contribution in [0.2, 0.25) is 0 Å². The first-order valence-electron chi connectivity index (χ1n) is 48.9. The van der Waals surface area contributed by atoms with Crippen LogP contribution in [0.3, 0.4) is 0 Å². The number of para-hydroxylation sites is 4. The summed E-state index contributed by atoms with van der Waals surface area (Å²) in [6.07, 6.45) is 5.39.